The molecule has 7 heteroatoms. The topological polar surface area (TPSA) is 91.3 Å². The number of likely N-dealkylation sites (tertiary alicyclic amines) is 1. The Hall–Kier alpha value is -2.93. The van der Waals surface area contributed by atoms with Gasteiger partial charge in [0.05, 0.1) is 23.8 Å². The van der Waals surface area contributed by atoms with Crippen molar-refractivity contribution in [2.45, 2.75) is 25.8 Å². The van der Waals surface area contributed by atoms with E-state index in [9.17, 15) is 9.90 Å². The molecule has 152 valence electrons. The van der Waals surface area contributed by atoms with E-state index in [1.54, 1.807) is 7.11 Å². The lowest BCUT2D eigenvalue weighted by molar-refractivity contribution is -0.139. The predicted molar refractivity (Wildman–Crippen MR) is 110 cm³/mol. The van der Waals surface area contributed by atoms with Gasteiger partial charge >= 0.3 is 5.97 Å². The summed E-state index contributed by atoms with van der Waals surface area (Å²) in [6, 6.07) is 11.7. The van der Waals surface area contributed by atoms with E-state index in [4.69, 9.17) is 9.72 Å². The molecule has 1 aliphatic heterocycles. The summed E-state index contributed by atoms with van der Waals surface area (Å²) in [6.45, 7) is 2.52. The van der Waals surface area contributed by atoms with Gasteiger partial charge in [-0.3, -0.25) is 14.7 Å². The third-order valence-electron chi connectivity index (χ3n) is 5.72. The van der Waals surface area contributed by atoms with Crippen LogP contribution in [0.25, 0.3) is 11.0 Å². The molecule has 2 aromatic heterocycles. The van der Waals surface area contributed by atoms with E-state index < -0.39 is 5.97 Å². The molecule has 0 amide bonds. The van der Waals surface area contributed by atoms with Crippen LogP contribution in [-0.2, 0) is 17.8 Å². The fourth-order valence-electron chi connectivity index (χ4n) is 4.26. The first-order valence-corrected chi connectivity index (χ1v) is 9.97. The standard InChI is InChI=1S/C22H26N4O3/c1-29-18-5-6-19-20(12-18)25-21(24-19)10-16-13-26(9-7-15(16)11-22(27)28)14-17-4-2-3-8-23-17/h2-6,8,12,15-16H,7,9-11,13-14H2,1H3,(H,24,25)(H,27,28)/t15-,16-/m0/s1. The number of ether oxygens (including phenoxy) is 1. The summed E-state index contributed by atoms with van der Waals surface area (Å²) in [6.07, 6.45) is 3.62. The van der Waals surface area contributed by atoms with Crippen LogP contribution in [0.15, 0.2) is 42.6 Å². The highest BCUT2D eigenvalue weighted by Crippen LogP contribution is 2.30. The Morgan fingerprint density at radius 1 is 1.31 bits per heavy atom. The van der Waals surface area contributed by atoms with Crippen LogP contribution in [-0.4, -0.2) is 51.1 Å². The molecule has 1 aliphatic rings. The van der Waals surface area contributed by atoms with Gasteiger partial charge in [0, 0.05) is 38.2 Å². The fourth-order valence-corrected chi connectivity index (χ4v) is 4.26. The highest BCUT2D eigenvalue weighted by atomic mass is 16.5. The maximum atomic E-state index is 11.4. The normalized spacial score (nSPS) is 20.0. The second-order valence-electron chi connectivity index (χ2n) is 7.73. The number of hydrogen-bond donors (Lipinski definition) is 2. The molecular formula is C22H26N4O3. The van der Waals surface area contributed by atoms with E-state index in [0.717, 1.165) is 60.8 Å². The lowest BCUT2D eigenvalue weighted by atomic mass is 9.81. The van der Waals surface area contributed by atoms with Gasteiger partial charge in [0.25, 0.3) is 0 Å². The van der Waals surface area contributed by atoms with Crippen LogP contribution in [0.4, 0.5) is 0 Å². The van der Waals surface area contributed by atoms with Crippen LogP contribution < -0.4 is 4.74 Å². The van der Waals surface area contributed by atoms with Crippen molar-refractivity contribution in [1.29, 1.82) is 0 Å². The molecule has 0 unspecified atom stereocenters. The van der Waals surface area contributed by atoms with Crippen molar-refractivity contribution in [3.63, 3.8) is 0 Å². The van der Waals surface area contributed by atoms with Crippen molar-refractivity contribution in [3.8, 4) is 5.75 Å². The van der Waals surface area contributed by atoms with Crippen LogP contribution in [0.1, 0.15) is 24.4 Å². The van der Waals surface area contributed by atoms with Crippen molar-refractivity contribution in [3.05, 3.63) is 54.1 Å². The molecule has 2 N–H and O–H groups in total. The molecule has 1 aromatic carbocycles. The Balaban J connectivity index is 1.51. The lowest BCUT2D eigenvalue weighted by Gasteiger charge is -2.37. The third-order valence-corrected chi connectivity index (χ3v) is 5.72. The Morgan fingerprint density at radius 3 is 2.97 bits per heavy atom. The number of carboxylic acid groups (broad SMARTS) is 1. The van der Waals surface area contributed by atoms with Gasteiger partial charge in [0.15, 0.2) is 0 Å². The minimum Gasteiger partial charge on any atom is -0.497 e. The van der Waals surface area contributed by atoms with Gasteiger partial charge in [0.1, 0.15) is 11.6 Å². The Bertz CT molecular complexity index is 973. The number of rotatable bonds is 7. The van der Waals surface area contributed by atoms with E-state index in [2.05, 4.69) is 14.9 Å². The Kier molecular flexibility index (Phi) is 5.76. The van der Waals surface area contributed by atoms with Gasteiger partial charge in [-0.25, -0.2) is 4.98 Å². The molecule has 1 fully saturated rings. The van der Waals surface area contributed by atoms with Crippen LogP contribution >= 0.6 is 0 Å². The quantitative estimate of drug-likeness (QED) is 0.640. The molecule has 0 bridgehead atoms. The lowest BCUT2D eigenvalue weighted by Crippen LogP contribution is -2.41. The number of aromatic nitrogens is 3. The number of piperidine rings is 1. The second-order valence-corrected chi connectivity index (χ2v) is 7.73. The number of H-pyrrole nitrogens is 1. The zero-order valence-corrected chi connectivity index (χ0v) is 16.5. The molecule has 0 saturated carbocycles. The highest BCUT2D eigenvalue weighted by molar-refractivity contribution is 5.76. The number of methoxy groups -OCH3 is 1. The van der Waals surface area contributed by atoms with E-state index in [1.807, 2.05) is 42.6 Å². The summed E-state index contributed by atoms with van der Waals surface area (Å²) in [4.78, 5) is 26.3. The first kappa shape index (κ1) is 19.4. The molecule has 7 nitrogen and oxygen atoms in total. The molecule has 4 rings (SSSR count). The Labute approximate surface area is 169 Å². The number of nitrogens with zero attached hydrogens (tertiary/aromatic N) is 3. The Morgan fingerprint density at radius 2 is 2.21 bits per heavy atom. The minimum absolute atomic E-state index is 0.148. The van der Waals surface area contributed by atoms with Gasteiger partial charge in [-0.2, -0.15) is 0 Å². The summed E-state index contributed by atoms with van der Waals surface area (Å²) in [7, 11) is 1.65. The number of nitrogens with one attached hydrogen (secondary N) is 1. The van der Waals surface area contributed by atoms with Crippen molar-refractivity contribution < 1.29 is 14.6 Å². The molecule has 2 atom stereocenters. The molecule has 1 saturated heterocycles. The molecular weight excluding hydrogens is 368 g/mol. The largest absolute Gasteiger partial charge is 0.497 e. The first-order valence-electron chi connectivity index (χ1n) is 9.97. The number of carbonyl (C=O) groups is 1. The SMILES string of the molecule is COc1ccc2nc(C[C@H]3CN(Cc4ccccn4)CC[C@H]3CC(=O)O)[nH]c2c1. The van der Waals surface area contributed by atoms with Crippen molar-refractivity contribution in [2.24, 2.45) is 11.8 Å². The van der Waals surface area contributed by atoms with Crippen molar-refractivity contribution in [2.75, 3.05) is 20.2 Å². The molecule has 0 radical (unpaired) electrons. The molecule has 0 spiro atoms. The molecule has 29 heavy (non-hydrogen) atoms. The fraction of sp³-hybridized carbons (Fsp3) is 0.409. The first-order chi connectivity index (χ1) is 14.1. The van der Waals surface area contributed by atoms with Crippen LogP contribution in [0.3, 0.4) is 0 Å². The van der Waals surface area contributed by atoms with Gasteiger partial charge in [-0.05, 0) is 49.1 Å². The van der Waals surface area contributed by atoms with Gasteiger partial charge in [0.2, 0.25) is 0 Å². The summed E-state index contributed by atoms with van der Waals surface area (Å²) in [5.74, 6) is 1.33. The van der Waals surface area contributed by atoms with Gasteiger partial charge < -0.3 is 14.8 Å². The summed E-state index contributed by atoms with van der Waals surface area (Å²) < 4.78 is 5.29. The van der Waals surface area contributed by atoms with Gasteiger partial charge in [-0.15, -0.1) is 0 Å². The van der Waals surface area contributed by atoms with E-state index in [1.165, 1.54) is 0 Å². The number of imidazole rings is 1. The van der Waals surface area contributed by atoms with Crippen LogP contribution in [0.5, 0.6) is 5.75 Å². The smallest absolute Gasteiger partial charge is 0.303 e. The number of pyridine rings is 1. The number of aromatic amines is 1. The average molecular weight is 394 g/mol. The predicted octanol–water partition coefficient (Wildman–Crippen LogP) is 3.12. The van der Waals surface area contributed by atoms with Crippen LogP contribution in [0, 0.1) is 11.8 Å². The second kappa shape index (κ2) is 8.61. The van der Waals surface area contributed by atoms with E-state index >= 15 is 0 Å². The van der Waals surface area contributed by atoms with Crippen LogP contribution in [0.2, 0.25) is 0 Å². The number of fused-ring (bicyclic) bond motifs is 1. The zero-order valence-electron chi connectivity index (χ0n) is 16.5. The monoisotopic (exact) mass is 394 g/mol. The molecule has 3 aromatic rings. The van der Waals surface area contributed by atoms with E-state index in [0.29, 0.717) is 0 Å². The van der Waals surface area contributed by atoms with Crippen molar-refractivity contribution >= 4 is 17.0 Å². The number of carboxylic acids is 1. The third kappa shape index (κ3) is 4.74. The maximum absolute atomic E-state index is 11.4. The summed E-state index contributed by atoms with van der Waals surface area (Å²) >= 11 is 0. The zero-order chi connectivity index (χ0) is 20.2. The number of aliphatic carboxylic acids is 1. The average Bonchev–Trinajstić information content (AvgIpc) is 3.11. The highest BCUT2D eigenvalue weighted by Gasteiger charge is 2.31. The van der Waals surface area contributed by atoms with Crippen molar-refractivity contribution in [1.82, 2.24) is 19.9 Å². The summed E-state index contributed by atoms with van der Waals surface area (Å²) in [5.41, 5.74) is 2.88. The molecule has 3 heterocycles. The number of hydrogen-bond acceptors (Lipinski definition) is 5. The van der Waals surface area contributed by atoms with E-state index in [-0.39, 0.29) is 18.3 Å². The molecule has 0 aliphatic carbocycles. The maximum Gasteiger partial charge on any atom is 0.303 e. The van der Waals surface area contributed by atoms with Gasteiger partial charge in [-0.1, -0.05) is 6.07 Å². The summed E-state index contributed by atoms with van der Waals surface area (Å²) in [5, 5.41) is 9.36. The number of benzene rings is 1. The minimum atomic E-state index is -0.729.